The average Bonchev–Trinajstić information content (AvgIpc) is 2.37. The number of hydrogen-bond acceptors (Lipinski definition) is 4. The molecule has 0 saturated heterocycles. The van der Waals surface area contributed by atoms with E-state index >= 15 is 0 Å². The van der Waals surface area contributed by atoms with Gasteiger partial charge in [0.05, 0.1) is 6.61 Å². The van der Waals surface area contributed by atoms with Crippen LogP contribution in [-0.4, -0.2) is 25.1 Å². The molecule has 0 spiro atoms. The second-order valence-corrected chi connectivity index (χ2v) is 5.07. The number of nitriles is 1. The Morgan fingerprint density at radius 2 is 2.17 bits per heavy atom. The molecule has 0 aliphatic heterocycles. The van der Waals surface area contributed by atoms with Crippen LogP contribution in [0.25, 0.3) is 0 Å². The molecule has 0 aromatic heterocycles. The molecule has 1 aromatic rings. The van der Waals surface area contributed by atoms with Crippen molar-refractivity contribution in [3.63, 3.8) is 0 Å². The lowest BCUT2D eigenvalue weighted by molar-refractivity contribution is 0.0654. The number of rotatable bonds is 7. The fourth-order valence-corrected chi connectivity index (χ4v) is 2.31. The van der Waals surface area contributed by atoms with Crippen LogP contribution in [0.15, 0.2) is 23.1 Å². The van der Waals surface area contributed by atoms with Gasteiger partial charge in [-0.2, -0.15) is 5.26 Å². The van der Waals surface area contributed by atoms with Gasteiger partial charge >= 0.3 is 0 Å². The van der Waals surface area contributed by atoms with Crippen molar-refractivity contribution >= 4 is 11.8 Å². The van der Waals surface area contributed by atoms with Crippen LogP contribution in [0.4, 0.5) is 0 Å². The van der Waals surface area contributed by atoms with Crippen molar-refractivity contribution in [2.75, 3.05) is 19.0 Å². The smallest absolute Gasteiger partial charge is 0.138 e. The van der Waals surface area contributed by atoms with E-state index in [1.165, 1.54) is 0 Å². The van der Waals surface area contributed by atoms with Gasteiger partial charge < -0.3 is 9.47 Å². The van der Waals surface area contributed by atoms with E-state index in [2.05, 4.69) is 13.0 Å². The lowest BCUT2D eigenvalue weighted by atomic mass is 10.2. The van der Waals surface area contributed by atoms with Gasteiger partial charge in [-0.3, -0.25) is 0 Å². The lowest BCUT2D eigenvalue weighted by Crippen LogP contribution is -2.19. The van der Waals surface area contributed by atoms with Crippen molar-refractivity contribution in [3.8, 4) is 11.8 Å². The number of ether oxygens (including phenoxy) is 2. The number of thioether (sulfide) groups is 1. The Balaban J connectivity index is 2.82. The maximum atomic E-state index is 9.24. The van der Waals surface area contributed by atoms with E-state index in [1.54, 1.807) is 11.8 Å². The van der Waals surface area contributed by atoms with Crippen LogP contribution in [0.5, 0.6) is 5.75 Å². The molecule has 0 saturated carbocycles. The van der Waals surface area contributed by atoms with Crippen molar-refractivity contribution in [1.82, 2.24) is 0 Å². The molecule has 18 heavy (non-hydrogen) atoms. The molecule has 3 nitrogen and oxygen atoms in total. The summed E-state index contributed by atoms with van der Waals surface area (Å²) in [4.78, 5) is 0.973. The summed E-state index contributed by atoms with van der Waals surface area (Å²) in [7, 11) is 0. The molecule has 0 aliphatic carbocycles. The quantitative estimate of drug-likeness (QED) is 0.708. The molecule has 0 bridgehead atoms. The summed E-state index contributed by atoms with van der Waals surface area (Å²) in [5.74, 6) is 1.58. The third kappa shape index (κ3) is 4.25. The average molecular weight is 265 g/mol. The Labute approximate surface area is 113 Å². The Morgan fingerprint density at radius 3 is 2.78 bits per heavy atom. The second-order valence-electron chi connectivity index (χ2n) is 3.76. The van der Waals surface area contributed by atoms with Crippen molar-refractivity contribution in [3.05, 3.63) is 23.8 Å². The summed E-state index contributed by atoms with van der Waals surface area (Å²) in [6.07, 6.45) is -0.0565. The Kier molecular flexibility index (Phi) is 6.63. The van der Waals surface area contributed by atoms with E-state index in [9.17, 15) is 5.26 Å². The highest BCUT2D eigenvalue weighted by atomic mass is 32.2. The molecule has 1 unspecified atom stereocenters. The molecule has 0 N–H and O–H groups in total. The summed E-state index contributed by atoms with van der Waals surface area (Å²) < 4.78 is 11.1. The highest BCUT2D eigenvalue weighted by Gasteiger charge is 2.12. The van der Waals surface area contributed by atoms with Gasteiger partial charge in [0.1, 0.15) is 23.5 Å². The largest absolute Gasteiger partial charge is 0.487 e. The van der Waals surface area contributed by atoms with Gasteiger partial charge in [0, 0.05) is 11.5 Å². The van der Waals surface area contributed by atoms with Gasteiger partial charge in [0.2, 0.25) is 0 Å². The van der Waals surface area contributed by atoms with E-state index in [4.69, 9.17) is 9.47 Å². The number of benzene rings is 1. The lowest BCUT2D eigenvalue weighted by Gasteiger charge is -2.16. The summed E-state index contributed by atoms with van der Waals surface area (Å²) in [5, 5.41) is 9.24. The molecule has 0 radical (unpaired) electrons. The van der Waals surface area contributed by atoms with E-state index < -0.39 is 0 Å². The van der Waals surface area contributed by atoms with Gasteiger partial charge in [0.25, 0.3) is 0 Å². The first-order valence-corrected chi connectivity index (χ1v) is 7.11. The molecule has 0 fully saturated rings. The van der Waals surface area contributed by atoms with Gasteiger partial charge in [0.15, 0.2) is 0 Å². The van der Waals surface area contributed by atoms with E-state index in [0.717, 1.165) is 10.6 Å². The fraction of sp³-hybridized carbons (Fsp3) is 0.500. The molecule has 0 heterocycles. The summed E-state index contributed by atoms with van der Waals surface area (Å²) >= 11 is 1.65. The molecule has 98 valence electrons. The summed E-state index contributed by atoms with van der Waals surface area (Å²) in [5.41, 5.74) is 0.618. The first-order valence-electron chi connectivity index (χ1n) is 6.13. The third-order valence-electron chi connectivity index (χ3n) is 2.28. The second kappa shape index (κ2) is 8.02. The standard InChI is InChI=1S/C14H19NO2S/c1-4-16-10-11(3)17-13-7-6-8-14(18-5-2)12(13)9-15/h6-8,11H,4-5,10H2,1-3H3. The van der Waals surface area contributed by atoms with Crippen LogP contribution in [-0.2, 0) is 4.74 Å². The zero-order valence-corrected chi connectivity index (χ0v) is 11.9. The van der Waals surface area contributed by atoms with Crippen LogP contribution in [0.1, 0.15) is 26.3 Å². The van der Waals surface area contributed by atoms with Crippen molar-refractivity contribution in [2.24, 2.45) is 0 Å². The van der Waals surface area contributed by atoms with Gasteiger partial charge in [-0.15, -0.1) is 11.8 Å². The first kappa shape index (κ1) is 14.9. The molecular weight excluding hydrogens is 246 g/mol. The minimum Gasteiger partial charge on any atom is -0.487 e. The maximum absolute atomic E-state index is 9.24. The Bertz CT molecular complexity index is 415. The maximum Gasteiger partial charge on any atom is 0.138 e. The minimum absolute atomic E-state index is 0.0565. The summed E-state index contributed by atoms with van der Waals surface area (Å²) in [6, 6.07) is 7.93. The predicted octanol–water partition coefficient (Wildman–Crippen LogP) is 3.47. The van der Waals surface area contributed by atoms with Crippen molar-refractivity contribution in [1.29, 1.82) is 5.26 Å². The molecule has 1 aromatic carbocycles. The predicted molar refractivity (Wildman–Crippen MR) is 74.1 cm³/mol. The first-order chi connectivity index (χ1) is 8.72. The number of hydrogen-bond donors (Lipinski definition) is 0. The molecule has 0 amide bonds. The molecule has 1 rings (SSSR count). The highest BCUT2D eigenvalue weighted by Crippen LogP contribution is 2.29. The Morgan fingerprint density at radius 1 is 1.39 bits per heavy atom. The Hall–Kier alpha value is -1.18. The fourth-order valence-electron chi connectivity index (χ4n) is 1.53. The van der Waals surface area contributed by atoms with Crippen molar-refractivity contribution < 1.29 is 9.47 Å². The van der Waals surface area contributed by atoms with Gasteiger partial charge in [-0.25, -0.2) is 0 Å². The molecule has 0 aliphatic rings. The van der Waals surface area contributed by atoms with Crippen LogP contribution in [0, 0.1) is 11.3 Å². The van der Waals surface area contributed by atoms with Crippen molar-refractivity contribution in [2.45, 2.75) is 31.8 Å². The normalized spacial score (nSPS) is 11.9. The van der Waals surface area contributed by atoms with Crippen LogP contribution < -0.4 is 4.74 Å². The van der Waals surface area contributed by atoms with Crippen LogP contribution >= 0.6 is 11.8 Å². The summed E-state index contributed by atoms with van der Waals surface area (Å²) in [6.45, 7) is 7.16. The molecule has 1 atom stereocenters. The molecule has 4 heteroatoms. The van der Waals surface area contributed by atoms with Gasteiger partial charge in [-0.1, -0.05) is 13.0 Å². The number of nitrogens with zero attached hydrogens (tertiary/aromatic N) is 1. The zero-order chi connectivity index (χ0) is 13.4. The van der Waals surface area contributed by atoms with E-state index in [1.807, 2.05) is 32.0 Å². The third-order valence-corrected chi connectivity index (χ3v) is 3.22. The van der Waals surface area contributed by atoms with E-state index in [-0.39, 0.29) is 6.10 Å². The SMILES string of the molecule is CCOCC(C)Oc1cccc(SCC)c1C#N. The monoisotopic (exact) mass is 265 g/mol. The zero-order valence-electron chi connectivity index (χ0n) is 11.1. The van der Waals surface area contributed by atoms with Crippen LogP contribution in [0.3, 0.4) is 0 Å². The van der Waals surface area contributed by atoms with E-state index in [0.29, 0.717) is 24.5 Å². The topological polar surface area (TPSA) is 42.2 Å². The minimum atomic E-state index is -0.0565. The van der Waals surface area contributed by atoms with Gasteiger partial charge in [-0.05, 0) is 31.7 Å². The van der Waals surface area contributed by atoms with Crippen LogP contribution in [0.2, 0.25) is 0 Å². The molecular formula is C14H19NO2S. The highest BCUT2D eigenvalue weighted by molar-refractivity contribution is 7.99.